The molecule has 138 valence electrons. The van der Waals surface area contributed by atoms with E-state index < -0.39 is 0 Å². The number of hydrogen-bond acceptors (Lipinski definition) is 3. The Hall–Kier alpha value is -2.72. The molecule has 4 nitrogen and oxygen atoms in total. The molecule has 0 unspecified atom stereocenters. The topological polar surface area (TPSA) is 45.2 Å². The predicted molar refractivity (Wildman–Crippen MR) is 108 cm³/mol. The zero-order valence-corrected chi connectivity index (χ0v) is 15.5. The molecule has 2 aromatic carbocycles. The van der Waals surface area contributed by atoms with Crippen molar-refractivity contribution >= 4 is 16.7 Å². The van der Waals surface area contributed by atoms with Crippen molar-refractivity contribution in [1.82, 2.24) is 15.2 Å². The van der Waals surface area contributed by atoms with Crippen molar-refractivity contribution in [3.8, 4) is 0 Å². The molecule has 1 amide bonds. The minimum atomic E-state index is 0.119. The van der Waals surface area contributed by atoms with Crippen LogP contribution in [0.4, 0.5) is 0 Å². The van der Waals surface area contributed by atoms with Crippen LogP contribution in [0.1, 0.15) is 24.1 Å². The summed E-state index contributed by atoms with van der Waals surface area (Å²) >= 11 is 0. The molecule has 1 fully saturated rings. The average Bonchev–Trinajstić information content (AvgIpc) is 2.70. The van der Waals surface area contributed by atoms with E-state index in [1.807, 2.05) is 30.5 Å². The number of nitrogens with one attached hydrogen (secondary N) is 1. The molecule has 0 spiro atoms. The summed E-state index contributed by atoms with van der Waals surface area (Å²) in [5.74, 6) is 0.119. The van der Waals surface area contributed by atoms with E-state index in [0.717, 1.165) is 43.7 Å². The molecule has 0 radical (unpaired) electrons. The van der Waals surface area contributed by atoms with Crippen molar-refractivity contribution in [2.24, 2.45) is 0 Å². The minimum Gasteiger partial charge on any atom is -0.353 e. The Morgan fingerprint density at radius 2 is 1.78 bits per heavy atom. The standard InChI is InChI=1S/C23H25N3O/c27-23(16-18-8-9-19-5-1-2-6-20(19)15-18)25-21-10-13-26(14-11-21)17-22-7-3-4-12-24-22/h1-9,12,15,21H,10-11,13-14,16-17H2,(H,25,27). The van der Waals surface area contributed by atoms with Crippen LogP contribution >= 0.6 is 0 Å². The number of benzene rings is 2. The first kappa shape index (κ1) is 17.7. The highest BCUT2D eigenvalue weighted by Gasteiger charge is 2.21. The van der Waals surface area contributed by atoms with E-state index in [-0.39, 0.29) is 11.9 Å². The first-order valence-corrected chi connectivity index (χ1v) is 9.65. The number of carbonyl (C=O) groups excluding carboxylic acids is 1. The zero-order valence-electron chi connectivity index (χ0n) is 15.5. The second kappa shape index (κ2) is 8.31. The van der Waals surface area contributed by atoms with Crippen molar-refractivity contribution in [3.63, 3.8) is 0 Å². The van der Waals surface area contributed by atoms with Gasteiger partial charge in [-0.2, -0.15) is 0 Å². The lowest BCUT2D eigenvalue weighted by Crippen LogP contribution is -2.44. The SMILES string of the molecule is O=C(Cc1ccc2ccccc2c1)NC1CCN(Cc2ccccn2)CC1. The Kier molecular flexibility index (Phi) is 5.45. The van der Waals surface area contributed by atoms with Crippen LogP contribution in [0.3, 0.4) is 0 Å². The number of carbonyl (C=O) groups is 1. The summed E-state index contributed by atoms with van der Waals surface area (Å²) in [5.41, 5.74) is 2.18. The smallest absolute Gasteiger partial charge is 0.224 e. The molecule has 4 heteroatoms. The van der Waals surface area contributed by atoms with Crippen molar-refractivity contribution in [3.05, 3.63) is 78.1 Å². The highest BCUT2D eigenvalue weighted by atomic mass is 16.1. The molecule has 0 atom stereocenters. The zero-order chi connectivity index (χ0) is 18.5. The van der Waals surface area contributed by atoms with E-state index in [4.69, 9.17) is 0 Å². The largest absolute Gasteiger partial charge is 0.353 e. The molecule has 0 aliphatic carbocycles. The third kappa shape index (κ3) is 4.72. The number of piperidine rings is 1. The van der Waals surface area contributed by atoms with E-state index in [2.05, 4.69) is 51.6 Å². The van der Waals surface area contributed by atoms with E-state index in [0.29, 0.717) is 6.42 Å². The summed E-state index contributed by atoms with van der Waals surface area (Å²) in [6, 6.07) is 20.8. The summed E-state index contributed by atoms with van der Waals surface area (Å²) in [7, 11) is 0. The molecule has 0 saturated carbocycles. The third-order valence-electron chi connectivity index (χ3n) is 5.24. The summed E-state index contributed by atoms with van der Waals surface area (Å²) in [6.45, 7) is 2.88. The summed E-state index contributed by atoms with van der Waals surface area (Å²) in [6.07, 6.45) is 4.28. The molecule has 1 aromatic heterocycles. The third-order valence-corrected chi connectivity index (χ3v) is 5.24. The van der Waals surface area contributed by atoms with Gasteiger partial charge in [-0.05, 0) is 41.3 Å². The molecule has 1 N–H and O–H groups in total. The van der Waals surface area contributed by atoms with Crippen LogP contribution in [0.25, 0.3) is 10.8 Å². The first-order valence-electron chi connectivity index (χ1n) is 9.65. The van der Waals surface area contributed by atoms with Gasteiger partial charge in [-0.1, -0.05) is 48.5 Å². The Labute approximate surface area is 160 Å². The molecule has 1 saturated heterocycles. The van der Waals surface area contributed by atoms with Gasteiger partial charge in [-0.15, -0.1) is 0 Å². The monoisotopic (exact) mass is 359 g/mol. The van der Waals surface area contributed by atoms with Gasteiger partial charge >= 0.3 is 0 Å². The van der Waals surface area contributed by atoms with Crippen LogP contribution < -0.4 is 5.32 Å². The summed E-state index contributed by atoms with van der Waals surface area (Å²) in [5, 5.41) is 5.61. The van der Waals surface area contributed by atoms with Crippen LogP contribution in [0.5, 0.6) is 0 Å². The van der Waals surface area contributed by atoms with E-state index >= 15 is 0 Å². The van der Waals surface area contributed by atoms with Crippen LogP contribution in [0.2, 0.25) is 0 Å². The van der Waals surface area contributed by atoms with Crippen LogP contribution in [-0.2, 0) is 17.8 Å². The second-order valence-electron chi connectivity index (χ2n) is 7.30. The quantitative estimate of drug-likeness (QED) is 0.758. The fourth-order valence-corrected chi connectivity index (χ4v) is 3.77. The van der Waals surface area contributed by atoms with Crippen molar-refractivity contribution in [2.75, 3.05) is 13.1 Å². The van der Waals surface area contributed by atoms with Crippen molar-refractivity contribution in [2.45, 2.75) is 31.8 Å². The Morgan fingerprint density at radius 1 is 1.00 bits per heavy atom. The van der Waals surface area contributed by atoms with Gasteiger partial charge in [-0.25, -0.2) is 0 Å². The fraction of sp³-hybridized carbons (Fsp3) is 0.304. The van der Waals surface area contributed by atoms with Gasteiger partial charge in [0.05, 0.1) is 12.1 Å². The lowest BCUT2D eigenvalue weighted by atomic mass is 10.0. The molecule has 1 aliphatic rings. The number of fused-ring (bicyclic) bond motifs is 1. The Bertz CT molecular complexity index is 902. The maximum Gasteiger partial charge on any atom is 0.224 e. The maximum atomic E-state index is 12.5. The maximum absolute atomic E-state index is 12.5. The number of rotatable bonds is 5. The molecule has 4 rings (SSSR count). The highest BCUT2D eigenvalue weighted by molar-refractivity contribution is 5.85. The highest BCUT2D eigenvalue weighted by Crippen LogP contribution is 2.17. The number of aromatic nitrogens is 1. The van der Waals surface area contributed by atoms with Crippen LogP contribution in [-0.4, -0.2) is 34.9 Å². The average molecular weight is 359 g/mol. The van der Waals surface area contributed by atoms with E-state index in [1.165, 1.54) is 10.8 Å². The minimum absolute atomic E-state index is 0.119. The van der Waals surface area contributed by atoms with Crippen molar-refractivity contribution in [1.29, 1.82) is 0 Å². The van der Waals surface area contributed by atoms with E-state index in [1.54, 1.807) is 0 Å². The molecule has 3 aromatic rings. The molecule has 1 aliphatic heterocycles. The summed E-state index contributed by atoms with van der Waals surface area (Å²) in [4.78, 5) is 19.3. The lowest BCUT2D eigenvalue weighted by molar-refractivity contribution is -0.121. The van der Waals surface area contributed by atoms with E-state index in [9.17, 15) is 4.79 Å². The number of hydrogen-bond donors (Lipinski definition) is 1. The van der Waals surface area contributed by atoms with Gasteiger partial charge in [0.1, 0.15) is 0 Å². The number of likely N-dealkylation sites (tertiary alicyclic amines) is 1. The molecule has 0 bridgehead atoms. The van der Waals surface area contributed by atoms with Crippen LogP contribution in [0, 0.1) is 0 Å². The Morgan fingerprint density at radius 3 is 2.56 bits per heavy atom. The van der Waals surface area contributed by atoms with Crippen LogP contribution in [0.15, 0.2) is 66.9 Å². The predicted octanol–water partition coefficient (Wildman–Crippen LogP) is 3.56. The van der Waals surface area contributed by atoms with Crippen molar-refractivity contribution < 1.29 is 4.79 Å². The number of nitrogens with zero attached hydrogens (tertiary/aromatic N) is 2. The normalized spacial score (nSPS) is 15.7. The van der Waals surface area contributed by atoms with Gasteiger partial charge in [-0.3, -0.25) is 14.7 Å². The van der Waals surface area contributed by atoms with Gasteiger partial charge in [0.25, 0.3) is 0 Å². The number of pyridine rings is 1. The molecular weight excluding hydrogens is 334 g/mol. The van der Waals surface area contributed by atoms with Gasteiger partial charge in [0.15, 0.2) is 0 Å². The molecule has 27 heavy (non-hydrogen) atoms. The van der Waals surface area contributed by atoms with Gasteiger partial charge in [0, 0.05) is 31.9 Å². The van der Waals surface area contributed by atoms with Gasteiger partial charge < -0.3 is 5.32 Å². The Balaban J connectivity index is 1.26. The second-order valence-corrected chi connectivity index (χ2v) is 7.30. The lowest BCUT2D eigenvalue weighted by Gasteiger charge is -2.32. The molecular formula is C23H25N3O. The van der Waals surface area contributed by atoms with Gasteiger partial charge in [0.2, 0.25) is 5.91 Å². The summed E-state index contributed by atoms with van der Waals surface area (Å²) < 4.78 is 0. The molecule has 2 heterocycles. The fourth-order valence-electron chi connectivity index (χ4n) is 3.77. The number of amides is 1. The first-order chi connectivity index (χ1) is 13.3.